The first-order valence-electron chi connectivity index (χ1n) is 9.31. The fourth-order valence-electron chi connectivity index (χ4n) is 3.80. The van der Waals surface area contributed by atoms with Crippen LogP contribution in [-0.4, -0.2) is 53.2 Å². The lowest BCUT2D eigenvalue weighted by molar-refractivity contribution is -0.0527. The van der Waals surface area contributed by atoms with Gasteiger partial charge in [-0.05, 0) is 17.7 Å². The quantitative estimate of drug-likeness (QED) is 0.721. The van der Waals surface area contributed by atoms with Gasteiger partial charge < -0.3 is 15.2 Å². The van der Waals surface area contributed by atoms with Crippen molar-refractivity contribution in [3.63, 3.8) is 0 Å². The smallest absolute Gasteiger partial charge is 0.232 e. The number of benzene rings is 1. The van der Waals surface area contributed by atoms with Gasteiger partial charge in [-0.25, -0.2) is 23.7 Å². The van der Waals surface area contributed by atoms with E-state index in [4.69, 9.17) is 15.2 Å². The standard InChI is InChI=1S/C20H20F2N4O3S/c1-28-18-7-24-16(6-25-18)17(27)5-11-2-3-14(21)12(4-11)20-10-29-8-15(22)13(20)9-30-19(23)26-20/h2-4,6-7,13,15H,5,8-10H2,1H3,(H2,23,26)/t13-,15-,20-/m1/s1. The van der Waals surface area contributed by atoms with E-state index in [0.29, 0.717) is 17.2 Å². The summed E-state index contributed by atoms with van der Waals surface area (Å²) in [5.41, 5.74) is 5.56. The summed E-state index contributed by atoms with van der Waals surface area (Å²) < 4.78 is 39.9. The van der Waals surface area contributed by atoms with Gasteiger partial charge in [0.1, 0.15) is 23.2 Å². The lowest BCUT2D eigenvalue weighted by Crippen LogP contribution is -2.53. The van der Waals surface area contributed by atoms with Crippen LogP contribution in [0, 0.1) is 11.7 Å². The van der Waals surface area contributed by atoms with E-state index in [1.165, 1.54) is 43.4 Å². The molecular weight excluding hydrogens is 414 g/mol. The number of ether oxygens (including phenoxy) is 2. The number of aromatic nitrogens is 2. The second kappa shape index (κ2) is 8.27. The first kappa shape index (κ1) is 20.7. The number of hydrogen-bond acceptors (Lipinski definition) is 8. The Balaban J connectivity index is 1.67. The molecule has 2 aliphatic heterocycles. The number of halogens is 2. The van der Waals surface area contributed by atoms with Crippen LogP contribution in [0.25, 0.3) is 0 Å². The predicted molar refractivity (Wildman–Crippen MR) is 108 cm³/mol. The third-order valence-electron chi connectivity index (χ3n) is 5.35. The second-order valence-corrected chi connectivity index (χ2v) is 8.22. The zero-order valence-electron chi connectivity index (χ0n) is 16.2. The summed E-state index contributed by atoms with van der Waals surface area (Å²) in [6, 6.07) is 4.32. The summed E-state index contributed by atoms with van der Waals surface area (Å²) >= 11 is 1.25. The molecule has 7 nitrogen and oxygen atoms in total. The summed E-state index contributed by atoms with van der Waals surface area (Å²) in [6.45, 7) is -0.0318. The number of carbonyl (C=O) groups excluding carboxylic acids is 1. The van der Waals surface area contributed by atoms with E-state index in [-0.39, 0.29) is 41.8 Å². The highest BCUT2D eigenvalue weighted by Crippen LogP contribution is 2.46. The maximum absolute atomic E-state index is 14.9. The molecule has 1 fully saturated rings. The van der Waals surface area contributed by atoms with E-state index in [9.17, 15) is 13.6 Å². The van der Waals surface area contributed by atoms with Gasteiger partial charge >= 0.3 is 0 Å². The fraction of sp³-hybridized carbons (Fsp3) is 0.400. The Morgan fingerprint density at radius 1 is 1.40 bits per heavy atom. The van der Waals surface area contributed by atoms with Gasteiger partial charge in [0.25, 0.3) is 0 Å². The molecule has 0 spiro atoms. The van der Waals surface area contributed by atoms with Crippen molar-refractivity contribution in [3.8, 4) is 5.88 Å². The van der Waals surface area contributed by atoms with Crippen LogP contribution in [0.4, 0.5) is 8.78 Å². The van der Waals surface area contributed by atoms with Crippen LogP contribution in [0.5, 0.6) is 5.88 Å². The van der Waals surface area contributed by atoms with E-state index < -0.39 is 23.4 Å². The van der Waals surface area contributed by atoms with Crippen LogP contribution < -0.4 is 10.5 Å². The van der Waals surface area contributed by atoms with E-state index in [1.807, 2.05) is 0 Å². The van der Waals surface area contributed by atoms with Crippen molar-refractivity contribution in [3.05, 3.63) is 53.2 Å². The number of nitrogens with zero attached hydrogens (tertiary/aromatic N) is 3. The number of fused-ring (bicyclic) bond motifs is 1. The molecule has 3 heterocycles. The van der Waals surface area contributed by atoms with Crippen molar-refractivity contribution in [2.45, 2.75) is 18.1 Å². The molecule has 0 saturated carbocycles. The van der Waals surface area contributed by atoms with Gasteiger partial charge in [-0.2, -0.15) is 0 Å². The van der Waals surface area contributed by atoms with E-state index in [2.05, 4.69) is 15.0 Å². The molecule has 1 saturated heterocycles. The van der Waals surface area contributed by atoms with Gasteiger partial charge in [-0.1, -0.05) is 17.8 Å². The maximum Gasteiger partial charge on any atom is 0.232 e. The molecule has 1 aromatic carbocycles. The summed E-state index contributed by atoms with van der Waals surface area (Å²) in [4.78, 5) is 25.1. The Bertz CT molecular complexity index is 989. The van der Waals surface area contributed by atoms with Gasteiger partial charge in [0.15, 0.2) is 11.0 Å². The fourth-order valence-corrected chi connectivity index (χ4v) is 4.87. The van der Waals surface area contributed by atoms with Crippen molar-refractivity contribution in [2.75, 3.05) is 26.1 Å². The minimum Gasteiger partial charge on any atom is -0.480 e. The number of alkyl halides is 1. The summed E-state index contributed by atoms with van der Waals surface area (Å²) in [5.74, 6) is -0.728. The molecule has 4 rings (SSSR count). The Kier molecular flexibility index (Phi) is 5.70. The lowest BCUT2D eigenvalue weighted by Gasteiger charge is -2.45. The molecule has 2 N–H and O–H groups in total. The average Bonchev–Trinajstić information content (AvgIpc) is 2.75. The van der Waals surface area contributed by atoms with Crippen molar-refractivity contribution in [1.82, 2.24) is 9.97 Å². The number of methoxy groups -OCH3 is 1. The van der Waals surface area contributed by atoms with Gasteiger partial charge in [0.2, 0.25) is 5.88 Å². The number of hydrogen-bond donors (Lipinski definition) is 1. The Morgan fingerprint density at radius 3 is 2.97 bits per heavy atom. The Morgan fingerprint density at radius 2 is 2.23 bits per heavy atom. The van der Waals surface area contributed by atoms with Crippen LogP contribution in [0.15, 0.2) is 35.6 Å². The first-order valence-corrected chi connectivity index (χ1v) is 10.3. The number of aliphatic imine (C=N–C) groups is 1. The van der Waals surface area contributed by atoms with Crippen molar-refractivity contribution < 1.29 is 23.0 Å². The summed E-state index contributed by atoms with van der Waals surface area (Å²) in [7, 11) is 1.45. The Hall–Kier alpha value is -2.59. The molecule has 0 bridgehead atoms. The monoisotopic (exact) mass is 434 g/mol. The second-order valence-electron chi connectivity index (χ2n) is 7.18. The molecule has 0 aliphatic carbocycles. The van der Waals surface area contributed by atoms with Crippen molar-refractivity contribution >= 4 is 22.7 Å². The van der Waals surface area contributed by atoms with Crippen LogP contribution in [0.3, 0.4) is 0 Å². The first-order chi connectivity index (χ1) is 14.4. The van der Waals surface area contributed by atoms with E-state index in [1.54, 1.807) is 6.07 Å². The summed E-state index contributed by atoms with van der Waals surface area (Å²) in [6.07, 6.45) is 1.36. The molecule has 1 aromatic heterocycles. The molecule has 10 heteroatoms. The normalized spacial score (nSPS) is 25.9. The largest absolute Gasteiger partial charge is 0.480 e. The van der Waals surface area contributed by atoms with Crippen molar-refractivity contribution in [1.29, 1.82) is 0 Å². The van der Waals surface area contributed by atoms with Crippen LogP contribution in [0.1, 0.15) is 21.6 Å². The molecule has 2 aliphatic rings. The topological polar surface area (TPSA) is 99.7 Å². The average molecular weight is 434 g/mol. The van der Waals surface area contributed by atoms with Gasteiger partial charge in [0.05, 0.1) is 32.7 Å². The highest BCUT2D eigenvalue weighted by atomic mass is 32.2. The third-order valence-corrected chi connectivity index (χ3v) is 6.27. The molecule has 0 amide bonds. The van der Waals surface area contributed by atoms with Crippen LogP contribution in [0.2, 0.25) is 0 Å². The number of ketones is 1. The lowest BCUT2D eigenvalue weighted by atomic mass is 9.75. The number of nitrogens with two attached hydrogens (primary N) is 1. The number of Topliss-reactive ketones (excluding diaryl/α,β-unsaturated/α-hetero) is 1. The van der Waals surface area contributed by atoms with Gasteiger partial charge in [-0.3, -0.25) is 4.79 Å². The third kappa shape index (κ3) is 3.77. The maximum atomic E-state index is 14.9. The van der Waals surface area contributed by atoms with Crippen LogP contribution >= 0.6 is 11.8 Å². The minimum atomic E-state index is -1.29. The zero-order chi connectivity index (χ0) is 21.3. The molecule has 0 unspecified atom stereocenters. The predicted octanol–water partition coefficient (Wildman–Crippen LogP) is 2.29. The molecule has 3 atom stereocenters. The molecule has 0 radical (unpaired) electrons. The van der Waals surface area contributed by atoms with E-state index in [0.717, 1.165) is 0 Å². The Labute approximate surface area is 176 Å². The SMILES string of the molecule is COc1cnc(C(=O)Cc2ccc(F)c([C@]34COC[C@@H](F)[C@H]3CSC(N)=N4)c2)cn1. The molecule has 158 valence electrons. The molecule has 30 heavy (non-hydrogen) atoms. The van der Waals surface area contributed by atoms with Gasteiger partial charge in [-0.15, -0.1) is 0 Å². The number of carbonyl (C=O) groups is 1. The number of amidine groups is 1. The highest BCUT2D eigenvalue weighted by molar-refractivity contribution is 8.13. The minimum absolute atomic E-state index is 0.0249. The summed E-state index contributed by atoms with van der Waals surface area (Å²) in [5, 5.41) is 0.262. The van der Waals surface area contributed by atoms with E-state index >= 15 is 0 Å². The highest BCUT2D eigenvalue weighted by Gasteiger charge is 2.51. The zero-order valence-corrected chi connectivity index (χ0v) is 17.0. The van der Waals surface area contributed by atoms with Crippen molar-refractivity contribution in [2.24, 2.45) is 16.6 Å². The molecule has 2 aromatic rings. The molecular formula is C20H20F2N4O3S. The number of rotatable bonds is 5. The number of thioether (sulfide) groups is 1. The van der Waals surface area contributed by atoms with Gasteiger partial charge in [0, 0.05) is 23.7 Å². The van der Waals surface area contributed by atoms with Crippen LogP contribution in [-0.2, 0) is 16.7 Å².